The monoisotopic (exact) mass is 318 g/mol. The second-order valence-corrected chi connectivity index (χ2v) is 5.56. The van der Waals surface area contributed by atoms with E-state index in [-0.39, 0.29) is 24.1 Å². The number of carbonyl (C=O) groups excluding carboxylic acids is 2. The van der Waals surface area contributed by atoms with Gasteiger partial charge in [0.2, 0.25) is 11.8 Å². The number of β-lactam (4-membered cyclic amide) rings is 1. The van der Waals surface area contributed by atoms with E-state index in [0.29, 0.717) is 25.9 Å². The lowest BCUT2D eigenvalue weighted by atomic mass is 10.2. The highest BCUT2D eigenvalue weighted by molar-refractivity contribution is 9.09. The molecule has 6 heteroatoms. The summed E-state index contributed by atoms with van der Waals surface area (Å²) in [6, 6.07) is 0. The Morgan fingerprint density at radius 3 is 2.94 bits per heavy atom. The number of carbonyl (C=O) groups is 2. The van der Waals surface area contributed by atoms with E-state index in [0.717, 1.165) is 24.6 Å². The second kappa shape index (κ2) is 6.52. The molecule has 2 aliphatic heterocycles. The first kappa shape index (κ1) is 13.8. The first-order valence-corrected chi connectivity index (χ1v) is 7.60. The maximum absolute atomic E-state index is 11.5. The maximum Gasteiger partial charge on any atom is 0.229 e. The number of halogens is 1. The molecule has 102 valence electrons. The lowest BCUT2D eigenvalue weighted by Crippen LogP contribution is -2.48. The molecular formula is C12H19BrN2O3. The summed E-state index contributed by atoms with van der Waals surface area (Å²) < 4.78 is 5.61. The minimum atomic E-state index is -0.0343. The minimum absolute atomic E-state index is 0.0293. The van der Waals surface area contributed by atoms with E-state index < -0.39 is 0 Å². The fraction of sp³-hybridized carbons (Fsp3) is 0.833. The molecule has 0 aliphatic carbocycles. The van der Waals surface area contributed by atoms with E-state index >= 15 is 0 Å². The molecule has 0 aromatic heterocycles. The Morgan fingerprint density at radius 2 is 2.28 bits per heavy atom. The van der Waals surface area contributed by atoms with Gasteiger partial charge >= 0.3 is 0 Å². The molecule has 0 radical (unpaired) electrons. The fourth-order valence-electron chi connectivity index (χ4n) is 2.24. The van der Waals surface area contributed by atoms with Gasteiger partial charge in [0.15, 0.2) is 0 Å². The van der Waals surface area contributed by atoms with Gasteiger partial charge in [-0.2, -0.15) is 0 Å². The summed E-state index contributed by atoms with van der Waals surface area (Å²) in [5, 5.41) is 3.87. The van der Waals surface area contributed by atoms with Gasteiger partial charge in [-0.05, 0) is 12.8 Å². The molecule has 2 unspecified atom stereocenters. The van der Waals surface area contributed by atoms with Gasteiger partial charge in [0.1, 0.15) is 6.23 Å². The molecule has 0 aromatic carbocycles. The molecule has 0 saturated carbocycles. The molecule has 1 N–H and O–H groups in total. The summed E-state index contributed by atoms with van der Waals surface area (Å²) in [6.07, 6.45) is 4.12. The molecule has 5 nitrogen and oxygen atoms in total. The number of alkyl halides is 1. The van der Waals surface area contributed by atoms with Crippen molar-refractivity contribution in [3.63, 3.8) is 0 Å². The van der Waals surface area contributed by atoms with Gasteiger partial charge in [-0.15, -0.1) is 0 Å². The highest BCUT2D eigenvalue weighted by Crippen LogP contribution is 2.28. The Bertz CT molecular complexity index is 324. The summed E-state index contributed by atoms with van der Waals surface area (Å²) >= 11 is 3.36. The van der Waals surface area contributed by atoms with Crippen molar-refractivity contribution in [2.24, 2.45) is 0 Å². The van der Waals surface area contributed by atoms with Crippen LogP contribution in [0, 0.1) is 0 Å². The van der Waals surface area contributed by atoms with Crippen LogP contribution in [0.4, 0.5) is 0 Å². The van der Waals surface area contributed by atoms with E-state index in [1.54, 1.807) is 4.90 Å². The van der Waals surface area contributed by atoms with E-state index in [4.69, 9.17) is 4.74 Å². The van der Waals surface area contributed by atoms with Gasteiger partial charge in [-0.25, -0.2) is 0 Å². The zero-order chi connectivity index (χ0) is 13.0. The third kappa shape index (κ3) is 3.45. The Kier molecular flexibility index (Phi) is 5.00. The lowest BCUT2D eigenvalue weighted by molar-refractivity contribution is -0.156. The zero-order valence-electron chi connectivity index (χ0n) is 10.4. The number of hydrogen-bond acceptors (Lipinski definition) is 3. The zero-order valence-corrected chi connectivity index (χ0v) is 11.9. The molecule has 2 heterocycles. The van der Waals surface area contributed by atoms with E-state index in [2.05, 4.69) is 21.2 Å². The molecule has 2 atom stereocenters. The average molecular weight is 319 g/mol. The SMILES string of the molecule is O=C(CCCCCBr)NCC1CN2C(=O)CC2O1. The predicted octanol–water partition coefficient (Wildman–Crippen LogP) is 1.02. The smallest absolute Gasteiger partial charge is 0.229 e. The van der Waals surface area contributed by atoms with Crippen molar-refractivity contribution in [1.82, 2.24) is 10.2 Å². The van der Waals surface area contributed by atoms with Gasteiger partial charge in [0.05, 0.1) is 19.1 Å². The predicted molar refractivity (Wildman–Crippen MR) is 70.3 cm³/mol. The normalized spacial score (nSPS) is 25.8. The van der Waals surface area contributed by atoms with Crippen LogP contribution < -0.4 is 5.32 Å². The minimum Gasteiger partial charge on any atom is -0.353 e. The van der Waals surface area contributed by atoms with Crippen LogP contribution in [0.5, 0.6) is 0 Å². The third-order valence-electron chi connectivity index (χ3n) is 3.33. The summed E-state index contributed by atoms with van der Waals surface area (Å²) in [6.45, 7) is 1.13. The van der Waals surface area contributed by atoms with Crippen LogP contribution in [0.3, 0.4) is 0 Å². The van der Waals surface area contributed by atoms with Crippen molar-refractivity contribution in [1.29, 1.82) is 0 Å². The van der Waals surface area contributed by atoms with Crippen molar-refractivity contribution in [2.75, 3.05) is 18.4 Å². The number of ether oxygens (including phenoxy) is 1. The van der Waals surface area contributed by atoms with Crippen molar-refractivity contribution in [3.8, 4) is 0 Å². The van der Waals surface area contributed by atoms with E-state index in [1.807, 2.05) is 0 Å². The highest BCUT2D eigenvalue weighted by Gasteiger charge is 2.44. The molecule has 0 spiro atoms. The van der Waals surface area contributed by atoms with Crippen LogP contribution in [0.1, 0.15) is 32.1 Å². The van der Waals surface area contributed by atoms with Gasteiger partial charge < -0.3 is 15.0 Å². The molecule has 2 rings (SSSR count). The number of nitrogens with one attached hydrogen (secondary N) is 1. The van der Waals surface area contributed by atoms with Crippen molar-refractivity contribution < 1.29 is 14.3 Å². The van der Waals surface area contributed by atoms with Gasteiger partial charge in [-0.3, -0.25) is 9.59 Å². The molecular weight excluding hydrogens is 300 g/mol. The van der Waals surface area contributed by atoms with Crippen LogP contribution in [0.25, 0.3) is 0 Å². The second-order valence-electron chi connectivity index (χ2n) is 4.77. The molecule has 2 fully saturated rings. The lowest BCUT2D eigenvalue weighted by Gasteiger charge is -2.31. The molecule has 0 bridgehead atoms. The molecule has 2 aliphatic rings. The van der Waals surface area contributed by atoms with Crippen molar-refractivity contribution in [2.45, 2.75) is 44.4 Å². The van der Waals surface area contributed by atoms with E-state index in [9.17, 15) is 9.59 Å². The topological polar surface area (TPSA) is 58.6 Å². The van der Waals surface area contributed by atoms with Gasteiger partial charge in [-0.1, -0.05) is 22.4 Å². The number of amides is 2. The Hall–Kier alpha value is -0.620. The summed E-state index contributed by atoms with van der Waals surface area (Å²) in [5.41, 5.74) is 0. The number of unbranched alkanes of at least 4 members (excludes halogenated alkanes) is 2. The summed E-state index contributed by atoms with van der Waals surface area (Å²) in [4.78, 5) is 24.4. The summed E-state index contributed by atoms with van der Waals surface area (Å²) in [7, 11) is 0. The summed E-state index contributed by atoms with van der Waals surface area (Å²) in [5.74, 6) is 0.234. The van der Waals surface area contributed by atoms with E-state index in [1.165, 1.54) is 0 Å². The fourth-order valence-corrected chi connectivity index (χ4v) is 2.63. The Labute approximate surface area is 115 Å². The van der Waals surface area contributed by atoms with Crippen LogP contribution >= 0.6 is 15.9 Å². The molecule has 18 heavy (non-hydrogen) atoms. The van der Waals surface area contributed by atoms with Crippen LogP contribution in [0.15, 0.2) is 0 Å². The number of fused-ring (bicyclic) bond motifs is 1. The van der Waals surface area contributed by atoms with Gasteiger partial charge in [0.25, 0.3) is 0 Å². The molecule has 0 aromatic rings. The van der Waals surface area contributed by atoms with Crippen LogP contribution in [0.2, 0.25) is 0 Å². The number of hydrogen-bond donors (Lipinski definition) is 1. The highest BCUT2D eigenvalue weighted by atomic mass is 79.9. The first-order chi connectivity index (χ1) is 8.70. The third-order valence-corrected chi connectivity index (χ3v) is 3.89. The Balaban J connectivity index is 1.55. The quantitative estimate of drug-likeness (QED) is 0.433. The standard InChI is InChI=1S/C12H19BrN2O3/c13-5-3-1-2-4-10(16)14-7-9-8-15-11(17)6-12(15)18-9/h9,12H,1-8H2,(H,14,16). The molecule has 2 amide bonds. The van der Waals surface area contributed by atoms with Crippen LogP contribution in [-0.4, -0.2) is 47.5 Å². The van der Waals surface area contributed by atoms with Crippen molar-refractivity contribution >= 4 is 27.7 Å². The molecule has 2 saturated heterocycles. The number of rotatable bonds is 7. The van der Waals surface area contributed by atoms with Crippen molar-refractivity contribution in [3.05, 3.63) is 0 Å². The average Bonchev–Trinajstić information content (AvgIpc) is 2.69. The van der Waals surface area contributed by atoms with Crippen LogP contribution in [-0.2, 0) is 14.3 Å². The Morgan fingerprint density at radius 1 is 1.44 bits per heavy atom. The maximum atomic E-state index is 11.5. The first-order valence-electron chi connectivity index (χ1n) is 6.48. The largest absolute Gasteiger partial charge is 0.353 e. The number of nitrogens with zero attached hydrogens (tertiary/aromatic N) is 1. The van der Waals surface area contributed by atoms with Gasteiger partial charge in [0, 0.05) is 18.3 Å².